The number of rotatable bonds is 4. The Labute approximate surface area is 86.0 Å². The second kappa shape index (κ2) is 4.99. The fourth-order valence-electron chi connectivity index (χ4n) is 1.14. The molecule has 78 valence electrons. The topological polar surface area (TPSA) is 112 Å². The molecule has 6 nitrogen and oxygen atoms in total. The van der Waals surface area contributed by atoms with Crippen LogP contribution in [-0.4, -0.2) is 17.4 Å². The third-order valence-electron chi connectivity index (χ3n) is 1.84. The lowest BCUT2D eigenvalue weighted by Crippen LogP contribution is -2.23. The highest BCUT2D eigenvalue weighted by Crippen LogP contribution is 2.27. The predicted octanol–water partition coefficient (Wildman–Crippen LogP) is 1.40. The number of carbonyl (C=O) groups excluding carboxylic acids is 1. The Hall–Kier alpha value is -2.04. The number of phenols is 1. The molecule has 0 radical (unpaired) electrons. The zero-order valence-electron chi connectivity index (χ0n) is 7.87. The van der Waals surface area contributed by atoms with Crippen molar-refractivity contribution in [3.8, 4) is 5.75 Å². The number of nitrogens with zero attached hydrogens (tertiary/aromatic N) is 3. The van der Waals surface area contributed by atoms with Gasteiger partial charge < -0.3 is 15.6 Å². The van der Waals surface area contributed by atoms with Crippen molar-refractivity contribution in [1.29, 1.82) is 0 Å². The molecule has 0 amide bonds. The van der Waals surface area contributed by atoms with Gasteiger partial charge in [0, 0.05) is 4.91 Å². The number of hydrogen-bond acceptors (Lipinski definition) is 4. The van der Waals surface area contributed by atoms with Crippen LogP contribution in [0.3, 0.4) is 0 Å². The van der Waals surface area contributed by atoms with Gasteiger partial charge in [-0.25, -0.2) is 0 Å². The van der Waals surface area contributed by atoms with Gasteiger partial charge in [-0.2, -0.15) is 0 Å². The van der Waals surface area contributed by atoms with Crippen molar-refractivity contribution < 1.29 is 9.90 Å². The summed E-state index contributed by atoms with van der Waals surface area (Å²) in [6.07, 6.45) is 0.984. The Morgan fingerprint density at radius 1 is 1.67 bits per heavy atom. The van der Waals surface area contributed by atoms with Crippen LogP contribution in [0.25, 0.3) is 10.4 Å². The van der Waals surface area contributed by atoms with E-state index in [0.717, 1.165) is 5.56 Å². The van der Waals surface area contributed by atoms with Crippen molar-refractivity contribution in [2.45, 2.75) is 12.5 Å². The zero-order chi connectivity index (χ0) is 11.3. The van der Waals surface area contributed by atoms with Crippen molar-refractivity contribution in [3.05, 3.63) is 34.2 Å². The minimum Gasteiger partial charge on any atom is -0.507 e. The average Bonchev–Trinajstić information content (AvgIpc) is 2.23. The standard InChI is InChI=1S/C9H10N4O2/c10-7(5-14)3-6-1-2-9(15)8(4-6)12-13-11/h1-2,4-5,7,15H,3,10H2/t7-/m0/s1. The van der Waals surface area contributed by atoms with Gasteiger partial charge in [-0.1, -0.05) is 11.2 Å². The molecule has 6 heteroatoms. The van der Waals surface area contributed by atoms with Gasteiger partial charge in [0.2, 0.25) is 0 Å². The molecule has 15 heavy (non-hydrogen) atoms. The molecule has 0 spiro atoms. The summed E-state index contributed by atoms with van der Waals surface area (Å²) in [5.74, 6) is -0.101. The summed E-state index contributed by atoms with van der Waals surface area (Å²) in [5.41, 5.74) is 14.5. The van der Waals surface area contributed by atoms with Crippen LogP contribution in [0.15, 0.2) is 23.3 Å². The first-order valence-electron chi connectivity index (χ1n) is 4.25. The molecule has 0 aromatic heterocycles. The monoisotopic (exact) mass is 206 g/mol. The quantitative estimate of drug-likeness (QED) is 0.336. The molecule has 0 saturated heterocycles. The summed E-state index contributed by atoms with van der Waals surface area (Å²) in [7, 11) is 0. The number of hydrogen-bond donors (Lipinski definition) is 2. The first-order chi connectivity index (χ1) is 7.17. The number of nitrogens with two attached hydrogens (primary N) is 1. The Bertz CT molecular complexity index is 413. The van der Waals surface area contributed by atoms with Crippen molar-refractivity contribution in [2.75, 3.05) is 0 Å². The van der Waals surface area contributed by atoms with E-state index in [-0.39, 0.29) is 11.4 Å². The van der Waals surface area contributed by atoms with E-state index >= 15 is 0 Å². The molecular formula is C9H10N4O2. The summed E-state index contributed by atoms with van der Waals surface area (Å²) >= 11 is 0. The predicted molar refractivity (Wildman–Crippen MR) is 54.7 cm³/mol. The highest BCUT2D eigenvalue weighted by molar-refractivity contribution is 5.59. The maximum absolute atomic E-state index is 10.3. The summed E-state index contributed by atoms with van der Waals surface area (Å²) in [5, 5.41) is 12.6. The molecule has 1 aromatic rings. The first kappa shape index (κ1) is 11.0. The van der Waals surface area contributed by atoms with Gasteiger partial charge in [0.05, 0.1) is 11.7 Å². The number of phenolic OH excluding ortho intramolecular Hbond substituents is 1. The van der Waals surface area contributed by atoms with Gasteiger partial charge in [-0.05, 0) is 29.6 Å². The summed E-state index contributed by atoms with van der Waals surface area (Å²) in [6.45, 7) is 0. The molecule has 0 bridgehead atoms. The molecule has 1 aromatic carbocycles. The molecule has 1 atom stereocenters. The molecule has 0 aliphatic rings. The number of aldehydes is 1. The van der Waals surface area contributed by atoms with Gasteiger partial charge in [-0.3, -0.25) is 0 Å². The van der Waals surface area contributed by atoms with Gasteiger partial charge >= 0.3 is 0 Å². The first-order valence-corrected chi connectivity index (χ1v) is 4.25. The van der Waals surface area contributed by atoms with Crippen LogP contribution in [0.5, 0.6) is 5.75 Å². The largest absolute Gasteiger partial charge is 0.507 e. The lowest BCUT2D eigenvalue weighted by molar-refractivity contribution is -0.108. The molecule has 0 aliphatic heterocycles. The van der Waals surface area contributed by atoms with Crippen molar-refractivity contribution in [1.82, 2.24) is 0 Å². The van der Waals surface area contributed by atoms with E-state index in [1.54, 1.807) is 6.07 Å². The van der Waals surface area contributed by atoms with Gasteiger partial charge in [0.15, 0.2) is 0 Å². The Morgan fingerprint density at radius 3 is 3.00 bits per heavy atom. The van der Waals surface area contributed by atoms with E-state index < -0.39 is 6.04 Å². The van der Waals surface area contributed by atoms with E-state index in [2.05, 4.69) is 10.0 Å². The Morgan fingerprint density at radius 2 is 2.40 bits per heavy atom. The van der Waals surface area contributed by atoms with Crippen molar-refractivity contribution >= 4 is 12.0 Å². The van der Waals surface area contributed by atoms with Gasteiger partial charge in [0.1, 0.15) is 12.0 Å². The average molecular weight is 206 g/mol. The summed E-state index contributed by atoms with van der Waals surface area (Å²) in [6, 6.07) is 3.93. The SMILES string of the molecule is [N-]=[N+]=Nc1cc(C[C@H](N)C=O)ccc1O. The lowest BCUT2D eigenvalue weighted by atomic mass is 10.1. The smallest absolute Gasteiger partial charge is 0.137 e. The highest BCUT2D eigenvalue weighted by atomic mass is 16.3. The molecule has 0 fully saturated rings. The highest BCUT2D eigenvalue weighted by Gasteiger charge is 2.05. The van der Waals surface area contributed by atoms with E-state index in [0.29, 0.717) is 12.7 Å². The number of benzene rings is 1. The second-order valence-electron chi connectivity index (χ2n) is 3.02. The van der Waals surface area contributed by atoms with E-state index in [1.165, 1.54) is 12.1 Å². The maximum atomic E-state index is 10.3. The fraction of sp³-hybridized carbons (Fsp3) is 0.222. The Balaban J connectivity index is 2.96. The minimum absolute atomic E-state index is 0.101. The van der Waals surface area contributed by atoms with Gasteiger partial charge in [0.25, 0.3) is 0 Å². The van der Waals surface area contributed by atoms with Crippen LogP contribution in [0.4, 0.5) is 5.69 Å². The molecule has 3 N–H and O–H groups in total. The van der Waals surface area contributed by atoms with Crippen LogP contribution in [0.2, 0.25) is 0 Å². The molecule has 0 aliphatic carbocycles. The summed E-state index contributed by atoms with van der Waals surface area (Å²) < 4.78 is 0. The van der Waals surface area contributed by atoms with Crippen LogP contribution in [-0.2, 0) is 11.2 Å². The second-order valence-corrected chi connectivity index (χ2v) is 3.02. The summed E-state index contributed by atoms with van der Waals surface area (Å²) in [4.78, 5) is 12.9. The van der Waals surface area contributed by atoms with Gasteiger partial charge in [-0.15, -0.1) is 0 Å². The normalized spacial score (nSPS) is 11.5. The molecule has 0 unspecified atom stereocenters. The van der Waals surface area contributed by atoms with E-state index in [9.17, 15) is 9.90 Å². The molecular weight excluding hydrogens is 196 g/mol. The molecule has 1 rings (SSSR count). The zero-order valence-corrected chi connectivity index (χ0v) is 7.87. The van der Waals surface area contributed by atoms with Crippen LogP contribution < -0.4 is 5.73 Å². The van der Waals surface area contributed by atoms with Crippen molar-refractivity contribution in [2.24, 2.45) is 10.8 Å². The minimum atomic E-state index is -0.589. The van der Waals surface area contributed by atoms with E-state index in [1.807, 2.05) is 0 Å². The van der Waals surface area contributed by atoms with Crippen LogP contribution in [0.1, 0.15) is 5.56 Å². The van der Waals surface area contributed by atoms with Crippen LogP contribution in [0, 0.1) is 0 Å². The Kier molecular flexibility index (Phi) is 3.68. The van der Waals surface area contributed by atoms with E-state index in [4.69, 9.17) is 11.3 Å². The van der Waals surface area contributed by atoms with Crippen molar-refractivity contribution in [3.63, 3.8) is 0 Å². The number of carbonyl (C=O) groups is 1. The number of aromatic hydroxyl groups is 1. The third-order valence-corrected chi connectivity index (χ3v) is 1.84. The number of azide groups is 1. The molecule has 0 heterocycles. The molecule has 0 saturated carbocycles. The lowest BCUT2D eigenvalue weighted by Gasteiger charge is -2.05. The van der Waals surface area contributed by atoms with Crippen LogP contribution >= 0.6 is 0 Å². The third kappa shape index (κ3) is 2.98. The maximum Gasteiger partial charge on any atom is 0.137 e. The fourth-order valence-corrected chi connectivity index (χ4v) is 1.14.